The zero-order valence-electron chi connectivity index (χ0n) is 18.7. The lowest BCUT2D eigenvalue weighted by Gasteiger charge is -2.29. The van der Waals surface area contributed by atoms with Crippen molar-refractivity contribution in [3.8, 4) is 11.5 Å². The average molecular weight is 469 g/mol. The van der Waals surface area contributed by atoms with Crippen LogP contribution in [0.4, 0.5) is 5.69 Å². The molecule has 33 heavy (non-hydrogen) atoms. The van der Waals surface area contributed by atoms with Crippen molar-refractivity contribution >= 4 is 46.9 Å². The summed E-state index contributed by atoms with van der Waals surface area (Å²) in [6.07, 6.45) is 0.354. The largest absolute Gasteiger partial charge is 0.490 e. The van der Waals surface area contributed by atoms with Crippen LogP contribution in [0.5, 0.6) is 11.5 Å². The van der Waals surface area contributed by atoms with E-state index in [4.69, 9.17) is 26.8 Å². The van der Waals surface area contributed by atoms with Gasteiger partial charge in [-0.15, -0.1) is 0 Å². The number of aliphatic carboxylic acids is 1. The maximum Gasteiger partial charge on any atom is 0.344 e. The fraction of sp³-hybridized carbons (Fsp3) is 0.250. The summed E-state index contributed by atoms with van der Waals surface area (Å²) in [5, 5.41) is 11.7. The molecular formula is C24H24N2O6S. The first-order valence-electron chi connectivity index (χ1n) is 10.3. The van der Waals surface area contributed by atoms with Crippen LogP contribution >= 0.6 is 12.2 Å². The molecule has 172 valence electrons. The summed E-state index contributed by atoms with van der Waals surface area (Å²) in [5.74, 6) is -1.74. The Morgan fingerprint density at radius 3 is 2.52 bits per heavy atom. The fourth-order valence-electron chi connectivity index (χ4n) is 3.14. The lowest BCUT2D eigenvalue weighted by atomic mass is 10.0. The van der Waals surface area contributed by atoms with Crippen LogP contribution in [0.3, 0.4) is 0 Å². The standard InChI is InChI=1S/C24H24N2O6S/c1-5-31-20-12-16(7-9-19(20)32-15(4)23(29)30)11-18-21(27)25-24(33)26(22(18)28)17-8-6-13(2)14(3)10-17/h6-12,15H,5H2,1-4H3,(H,29,30)(H,25,27,33)/b18-11-/t15-/m1/s1. The molecular weight excluding hydrogens is 444 g/mol. The first-order valence-corrected chi connectivity index (χ1v) is 10.7. The van der Waals surface area contributed by atoms with Crippen LogP contribution in [-0.4, -0.2) is 40.7 Å². The summed E-state index contributed by atoms with van der Waals surface area (Å²) < 4.78 is 11.0. The first-order chi connectivity index (χ1) is 15.6. The Morgan fingerprint density at radius 1 is 1.15 bits per heavy atom. The molecule has 1 atom stereocenters. The van der Waals surface area contributed by atoms with E-state index in [1.54, 1.807) is 25.1 Å². The number of aryl methyl sites for hydroxylation is 2. The Morgan fingerprint density at radius 2 is 1.88 bits per heavy atom. The first kappa shape index (κ1) is 23.9. The number of carboxylic acid groups (broad SMARTS) is 1. The fourth-order valence-corrected chi connectivity index (χ4v) is 3.43. The third kappa shape index (κ3) is 5.20. The molecule has 0 aromatic heterocycles. The van der Waals surface area contributed by atoms with E-state index in [2.05, 4.69) is 5.32 Å². The molecule has 0 unspecified atom stereocenters. The summed E-state index contributed by atoms with van der Waals surface area (Å²) in [5.41, 5.74) is 3.01. The summed E-state index contributed by atoms with van der Waals surface area (Å²) in [4.78, 5) is 38.2. The van der Waals surface area contributed by atoms with Crippen molar-refractivity contribution in [3.05, 3.63) is 58.7 Å². The number of benzene rings is 2. The van der Waals surface area contributed by atoms with Gasteiger partial charge in [0.1, 0.15) is 5.57 Å². The van der Waals surface area contributed by atoms with Crippen LogP contribution in [0.1, 0.15) is 30.5 Å². The summed E-state index contributed by atoms with van der Waals surface area (Å²) in [6.45, 7) is 7.38. The van der Waals surface area contributed by atoms with Crippen LogP contribution < -0.4 is 19.7 Å². The van der Waals surface area contributed by atoms with Gasteiger partial charge in [0.25, 0.3) is 11.8 Å². The molecule has 9 heteroatoms. The third-order valence-electron chi connectivity index (χ3n) is 5.08. The molecule has 2 aromatic rings. The highest BCUT2D eigenvalue weighted by Crippen LogP contribution is 2.31. The predicted molar refractivity (Wildman–Crippen MR) is 127 cm³/mol. The van der Waals surface area contributed by atoms with Crippen LogP contribution in [0.25, 0.3) is 6.08 Å². The number of carbonyl (C=O) groups excluding carboxylic acids is 2. The van der Waals surface area contributed by atoms with E-state index in [-0.39, 0.29) is 16.4 Å². The van der Waals surface area contributed by atoms with Gasteiger partial charge in [-0.1, -0.05) is 12.1 Å². The normalized spacial score (nSPS) is 15.9. The number of ether oxygens (including phenoxy) is 2. The minimum Gasteiger partial charge on any atom is -0.490 e. The second-order valence-electron chi connectivity index (χ2n) is 7.46. The van der Waals surface area contributed by atoms with E-state index < -0.39 is 23.9 Å². The number of carbonyl (C=O) groups is 3. The van der Waals surface area contributed by atoms with Gasteiger partial charge in [-0.3, -0.25) is 19.8 Å². The van der Waals surface area contributed by atoms with Crippen molar-refractivity contribution in [2.24, 2.45) is 0 Å². The van der Waals surface area contributed by atoms with E-state index in [0.717, 1.165) is 11.1 Å². The van der Waals surface area contributed by atoms with Crippen molar-refractivity contribution in [2.75, 3.05) is 11.5 Å². The number of hydrogen-bond donors (Lipinski definition) is 2. The number of rotatable bonds is 7. The van der Waals surface area contributed by atoms with Crippen LogP contribution in [0, 0.1) is 13.8 Å². The van der Waals surface area contributed by atoms with E-state index in [9.17, 15) is 14.4 Å². The topological polar surface area (TPSA) is 105 Å². The monoisotopic (exact) mass is 468 g/mol. The van der Waals surface area contributed by atoms with Gasteiger partial charge < -0.3 is 14.6 Å². The highest BCUT2D eigenvalue weighted by Gasteiger charge is 2.34. The van der Waals surface area contributed by atoms with Gasteiger partial charge in [-0.05, 0) is 86.9 Å². The van der Waals surface area contributed by atoms with Gasteiger partial charge in [0.05, 0.1) is 12.3 Å². The molecule has 2 amide bonds. The molecule has 1 fully saturated rings. The Labute approximate surface area is 196 Å². The van der Waals surface area contributed by atoms with Crippen molar-refractivity contribution in [1.82, 2.24) is 5.32 Å². The highest BCUT2D eigenvalue weighted by atomic mass is 32.1. The second kappa shape index (κ2) is 9.83. The quantitative estimate of drug-likeness (QED) is 0.365. The molecule has 0 spiro atoms. The lowest BCUT2D eigenvalue weighted by Crippen LogP contribution is -2.54. The predicted octanol–water partition coefficient (Wildman–Crippen LogP) is 3.39. The Bertz CT molecular complexity index is 1170. The minimum absolute atomic E-state index is 0.00631. The van der Waals surface area contributed by atoms with Crippen LogP contribution in [0.15, 0.2) is 42.0 Å². The van der Waals surface area contributed by atoms with Crippen LogP contribution in [-0.2, 0) is 14.4 Å². The van der Waals surface area contributed by atoms with E-state index in [0.29, 0.717) is 23.6 Å². The molecule has 3 rings (SSSR count). The number of thiocarbonyl (C=S) groups is 1. The molecule has 0 aliphatic carbocycles. The molecule has 1 aliphatic heterocycles. The van der Waals surface area contributed by atoms with Gasteiger partial charge in [-0.25, -0.2) is 4.79 Å². The van der Waals surface area contributed by atoms with Gasteiger partial charge in [0.15, 0.2) is 22.7 Å². The van der Waals surface area contributed by atoms with Crippen LogP contribution in [0.2, 0.25) is 0 Å². The lowest BCUT2D eigenvalue weighted by molar-refractivity contribution is -0.144. The minimum atomic E-state index is -1.12. The number of amides is 2. The molecule has 0 bridgehead atoms. The molecule has 0 radical (unpaired) electrons. The molecule has 1 heterocycles. The van der Waals surface area contributed by atoms with E-state index in [1.807, 2.05) is 26.0 Å². The summed E-state index contributed by atoms with van der Waals surface area (Å²) >= 11 is 5.25. The van der Waals surface area contributed by atoms with E-state index >= 15 is 0 Å². The molecule has 2 N–H and O–H groups in total. The summed E-state index contributed by atoms with van der Waals surface area (Å²) in [7, 11) is 0. The van der Waals surface area contributed by atoms with Gasteiger partial charge in [0, 0.05) is 0 Å². The van der Waals surface area contributed by atoms with E-state index in [1.165, 1.54) is 24.0 Å². The molecule has 0 saturated carbocycles. The number of nitrogens with one attached hydrogen (secondary N) is 1. The zero-order chi connectivity index (χ0) is 24.3. The Hall–Kier alpha value is -3.72. The van der Waals surface area contributed by atoms with Gasteiger partial charge >= 0.3 is 5.97 Å². The Kier molecular flexibility index (Phi) is 7.13. The van der Waals surface area contributed by atoms with Crippen molar-refractivity contribution in [2.45, 2.75) is 33.8 Å². The van der Waals surface area contributed by atoms with Gasteiger partial charge in [-0.2, -0.15) is 0 Å². The van der Waals surface area contributed by atoms with Crippen molar-refractivity contribution in [1.29, 1.82) is 0 Å². The third-order valence-corrected chi connectivity index (χ3v) is 5.37. The number of hydrogen-bond acceptors (Lipinski definition) is 6. The van der Waals surface area contributed by atoms with Crippen molar-refractivity contribution in [3.63, 3.8) is 0 Å². The Balaban J connectivity index is 1.98. The zero-order valence-corrected chi connectivity index (χ0v) is 19.5. The number of carboxylic acids is 1. The SMILES string of the molecule is CCOc1cc(/C=C2/C(=O)NC(=S)N(c3ccc(C)c(C)c3)C2=O)ccc1O[C@H](C)C(=O)O. The van der Waals surface area contributed by atoms with Gasteiger partial charge in [0.2, 0.25) is 0 Å². The summed E-state index contributed by atoms with van der Waals surface area (Å²) in [6, 6.07) is 10.2. The number of nitrogens with zero attached hydrogens (tertiary/aromatic N) is 1. The highest BCUT2D eigenvalue weighted by molar-refractivity contribution is 7.80. The maximum atomic E-state index is 13.2. The molecule has 2 aromatic carbocycles. The second-order valence-corrected chi connectivity index (χ2v) is 7.85. The van der Waals surface area contributed by atoms with Crippen molar-refractivity contribution < 1.29 is 29.0 Å². The molecule has 8 nitrogen and oxygen atoms in total. The molecule has 1 aliphatic rings. The molecule has 1 saturated heterocycles. The smallest absolute Gasteiger partial charge is 0.344 e. The maximum absolute atomic E-state index is 13.2. The average Bonchev–Trinajstić information content (AvgIpc) is 2.75. The number of anilines is 1.